The SMILES string of the molecule is O=C(O)c1cc(OCCO)c2cc(N3CCC4(CC3)CC(=Cc3c(-c5ccccc5C(F)(F)F)noc3C3CC3)C4)ccc2n1. The first-order chi connectivity index (χ1) is 21.6. The lowest BCUT2D eigenvalue weighted by atomic mass is 9.60. The molecule has 2 saturated carbocycles. The number of hydrogen-bond donors (Lipinski definition) is 2. The normalized spacial score (nSPS) is 17.9. The first-order valence-electron chi connectivity index (χ1n) is 15.2. The second-order valence-electron chi connectivity index (χ2n) is 12.4. The Hall–Kier alpha value is -4.38. The minimum Gasteiger partial charge on any atom is -0.490 e. The van der Waals surface area contributed by atoms with Crippen LogP contribution < -0.4 is 9.64 Å². The van der Waals surface area contributed by atoms with Gasteiger partial charge in [0.05, 0.1) is 17.7 Å². The Kier molecular flexibility index (Phi) is 7.31. The lowest BCUT2D eigenvalue weighted by Crippen LogP contribution is -2.44. The van der Waals surface area contributed by atoms with E-state index < -0.39 is 17.7 Å². The topological polar surface area (TPSA) is 109 Å². The maximum Gasteiger partial charge on any atom is 0.417 e. The van der Waals surface area contributed by atoms with Gasteiger partial charge in [0.25, 0.3) is 0 Å². The maximum atomic E-state index is 13.8. The molecule has 3 heterocycles. The molecular weight excluding hydrogens is 587 g/mol. The van der Waals surface area contributed by atoms with E-state index in [2.05, 4.69) is 15.0 Å². The molecule has 8 nitrogen and oxygen atoms in total. The van der Waals surface area contributed by atoms with Crippen molar-refractivity contribution in [2.75, 3.05) is 31.2 Å². The molecule has 2 aliphatic carbocycles. The number of carbonyl (C=O) groups is 1. The highest BCUT2D eigenvalue weighted by atomic mass is 19.4. The van der Waals surface area contributed by atoms with Gasteiger partial charge in [-0.05, 0) is 74.3 Å². The van der Waals surface area contributed by atoms with Crippen molar-refractivity contribution in [3.05, 3.63) is 76.7 Å². The van der Waals surface area contributed by atoms with Crippen LogP contribution in [0, 0.1) is 5.41 Å². The van der Waals surface area contributed by atoms with Gasteiger partial charge in [0.15, 0.2) is 5.69 Å². The molecule has 3 fully saturated rings. The summed E-state index contributed by atoms with van der Waals surface area (Å²) in [6.07, 6.45) is 3.14. The fraction of sp³-hybridized carbons (Fsp3) is 0.382. The zero-order chi connectivity index (χ0) is 31.3. The van der Waals surface area contributed by atoms with E-state index in [1.54, 1.807) is 12.1 Å². The van der Waals surface area contributed by atoms with Crippen molar-refractivity contribution in [1.82, 2.24) is 10.1 Å². The van der Waals surface area contributed by atoms with Crippen LogP contribution in [0.25, 0.3) is 28.2 Å². The molecule has 1 saturated heterocycles. The van der Waals surface area contributed by atoms with Crippen LogP contribution in [0.15, 0.2) is 58.6 Å². The number of rotatable bonds is 8. The van der Waals surface area contributed by atoms with E-state index in [0.717, 1.165) is 63.4 Å². The van der Waals surface area contributed by atoms with Gasteiger partial charge in [-0.2, -0.15) is 13.2 Å². The fourth-order valence-corrected chi connectivity index (χ4v) is 6.80. The number of fused-ring (bicyclic) bond motifs is 1. The molecule has 1 spiro atoms. The quantitative estimate of drug-likeness (QED) is 0.211. The number of halogens is 3. The van der Waals surface area contributed by atoms with Crippen LogP contribution in [0.1, 0.15) is 71.8 Å². The zero-order valence-electron chi connectivity index (χ0n) is 24.4. The number of benzene rings is 2. The number of piperidine rings is 1. The van der Waals surface area contributed by atoms with Crippen LogP contribution in [0.4, 0.5) is 18.9 Å². The minimum atomic E-state index is -4.49. The van der Waals surface area contributed by atoms with Crippen molar-refractivity contribution in [2.24, 2.45) is 5.41 Å². The highest BCUT2D eigenvalue weighted by Crippen LogP contribution is 2.54. The summed E-state index contributed by atoms with van der Waals surface area (Å²) >= 11 is 0. The predicted molar refractivity (Wildman–Crippen MR) is 161 cm³/mol. The van der Waals surface area contributed by atoms with Crippen molar-refractivity contribution in [1.29, 1.82) is 0 Å². The standard InChI is InChI=1S/C34H32F3N3O5/c35-34(36,37)26-4-2-1-3-23(26)30-25(31(45-39-30)21-5-6-21)15-20-18-33(19-20)9-11-40(12-10-33)22-7-8-27-24(16-22)29(44-14-13-41)17-28(38-27)32(42)43/h1-4,7-8,15-17,21,41H,5-6,9-14,18-19H2,(H,42,43). The molecule has 0 radical (unpaired) electrons. The highest BCUT2D eigenvalue weighted by molar-refractivity contribution is 5.94. The van der Waals surface area contributed by atoms with Gasteiger partial charge in [0.1, 0.15) is 23.8 Å². The molecule has 234 valence electrons. The number of aromatic nitrogens is 2. The third-order valence-electron chi connectivity index (χ3n) is 9.26. The summed E-state index contributed by atoms with van der Waals surface area (Å²) in [6.45, 7) is 1.50. The zero-order valence-corrected chi connectivity index (χ0v) is 24.4. The van der Waals surface area contributed by atoms with Crippen molar-refractivity contribution in [2.45, 2.75) is 50.6 Å². The Morgan fingerprint density at radius 2 is 1.87 bits per heavy atom. The first kappa shape index (κ1) is 29.3. The molecule has 0 unspecified atom stereocenters. The van der Waals surface area contributed by atoms with Gasteiger partial charge in [-0.25, -0.2) is 9.78 Å². The van der Waals surface area contributed by atoms with E-state index in [1.807, 2.05) is 18.2 Å². The number of carboxylic acids is 1. The molecule has 3 aliphatic rings. The Morgan fingerprint density at radius 1 is 1.11 bits per heavy atom. The molecule has 0 amide bonds. The minimum absolute atomic E-state index is 0.0395. The third kappa shape index (κ3) is 5.65. The summed E-state index contributed by atoms with van der Waals surface area (Å²) in [5.74, 6) is 0.108. The molecule has 2 aromatic heterocycles. The molecule has 45 heavy (non-hydrogen) atoms. The van der Waals surface area contributed by atoms with E-state index in [4.69, 9.17) is 9.26 Å². The van der Waals surface area contributed by atoms with Crippen molar-refractivity contribution in [3.63, 3.8) is 0 Å². The van der Waals surface area contributed by atoms with Crippen molar-refractivity contribution < 1.29 is 37.4 Å². The Balaban J connectivity index is 1.09. The predicted octanol–water partition coefficient (Wildman–Crippen LogP) is 7.32. The molecule has 0 bridgehead atoms. The van der Waals surface area contributed by atoms with Gasteiger partial charge < -0.3 is 24.4 Å². The number of hydrogen-bond acceptors (Lipinski definition) is 7. The maximum absolute atomic E-state index is 13.8. The second kappa shape index (κ2) is 11.2. The number of anilines is 1. The number of allylic oxidation sites excluding steroid dienone is 1. The molecule has 2 N–H and O–H groups in total. The van der Waals surface area contributed by atoms with Crippen LogP contribution in [0.3, 0.4) is 0 Å². The molecular formula is C34H32F3N3O5. The number of aliphatic hydroxyl groups is 1. The van der Waals surface area contributed by atoms with E-state index >= 15 is 0 Å². The number of aromatic carboxylic acids is 1. The Bertz CT molecular complexity index is 1790. The molecule has 2 aromatic carbocycles. The van der Waals surface area contributed by atoms with Crippen LogP contribution in [-0.2, 0) is 6.18 Å². The van der Waals surface area contributed by atoms with Crippen molar-refractivity contribution in [3.8, 4) is 17.0 Å². The smallest absolute Gasteiger partial charge is 0.417 e. The van der Waals surface area contributed by atoms with E-state index in [0.29, 0.717) is 28.0 Å². The summed E-state index contributed by atoms with van der Waals surface area (Å²) in [4.78, 5) is 18.1. The summed E-state index contributed by atoms with van der Waals surface area (Å²) in [6, 6.07) is 12.6. The van der Waals surface area contributed by atoms with Gasteiger partial charge in [0.2, 0.25) is 0 Å². The number of carboxylic acid groups (broad SMARTS) is 1. The highest BCUT2D eigenvalue weighted by Gasteiger charge is 2.44. The number of nitrogens with zero attached hydrogens (tertiary/aromatic N) is 3. The van der Waals surface area contributed by atoms with E-state index in [9.17, 15) is 28.2 Å². The summed E-state index contributed by atoms with van der Waals surface area (Å²) in [7, 11) is 0. The summed E-state index contributed by atoms with van der Waals surface area (Å²) < 4.78 is 52.9. The summed E-state index contributed by atoms with van der Waals surface area (Å²) in [5.41, 5.74) is 3.00. The Labute approximate surface area is 257 Å². The fourth-order valence-electron chi connectivity index (χ4n) is 6.80. The lowest BCUT2D eigenvalue weighted by Gasteiger charge is -2.50. The van der Waals surface area contributed by atoms with Crippen LogP contribution in [-0.4, -0.2) is 52.6 Å². The number of ether oxygens (including phenoxy) is 1. The van der Waals surface area contributed by atoms with Gasteiger partial charge in [-0.3, -0.25) is 0 Å². The second-order valence-corrected chi connectivity index (χ2v) is 12.4. The van der Waals surface area contributed by atoms with Gasteiger partial charge in [0, 0.05) is 47.3 Å². The van der Waals surface area contributed by atoms with E-state index in [-0.39, 0.29) is 41.5 Å². The molecule has 7 rings (SSSR count). The molecule has 4 aromatic rings. The van der Waals surface area contributed by atoms with Gasteiger partial charge in [-0.1, -0.05) is 28.9 Å². The molecule has 1 aliphatic heterocycles. The molecule has 0 atom stereocenters. The monoisotopic (exact) mass is 619 g/mol. The summed E-state index contributed by atoms with van der Waals surface area (Å²) in [5, 5.41) is 23.5. The number of pyridine rings is 1. The van der Waals surface area contributed by atoms with Crippen molar-refractivity contribution >= 4 is 28.6 Å². The van der Waals surface area contributed by atoms with Gasteiger partial charge in [-0.15, -0.1) is 0 Å². The van der Waals surface area contributed by atoms with Crippen LogP contribution in [0.5, 0.6) is 5.75 Å². The average molecular weight is 620 g/mol. The molecule has 11 heteroatoms. The number of aliphatic hydroxyl groups excluding tert-OH is 1. The first-order valence-corrected chi connectivity index (χ1v) is 15.2. The average Bonchev–Trinajstić information content (AvgIpc) is 3.78. The van der Waals surface area contributed by atoms with Crippen LogP contribution >= 0.6 is 0 Å². The van der Waals surface area contributed by atoms with E-state index in [1.165, 1.54) is 23.8 Å². The number of alkyl halides is 3. The van der Waals surface area contributed by atoms with Gasteiger partial charge >= 0.3 is 12.1 Å². The Morgan fingerprint density at radius 3 is 2.56 bits per heavy atom. The third-order valence-corrected chi connectivity index (χ3v) is 9.26. The lowest BCUT2D eigenvalue weighted by molar-refractivity contribution is -0.137. The van der Waals surface area contributed by atoms with Crippen LogP contribution in [0.2, 0.25) is 0 Å². The largest absolute Gasteiger partial charge is 0.490 e.